The van der Waals surface area contributed by atoms with Gasteiger partial charge < -0.3 is 5.11 Å². The number of aliphatic hydroxyl groups excluding tert-OH is 1. The number of hydrogen-bond acceptors (Lipinski definition) is 2. The Kier molecular flexibility index (Phi) is 2.09. The summed E-state index contributed by atoms with van der Waals surface area (Å²) in [4.78, 5) is 4.06. The molecule has 0 saturated heterocycles. The van der Waals surface area contributed by atoms with Crippen LogP contribution in [0.3, 0.4) is 0 Å². The first-order valence-electron chi connectivity index (χ1n) is 1.36. The Balaban J connectivity index is 2.54. The molecule has 0 saturated carbocycles. The van der Waals surface area contributed by atoms with Crippen LogP contribution < -0.4 is 5.90 Å². The molecule has 1 unspecified atom stereocenters. The van der Waals surface area contributed by atoms with Crippen molar-refractivity contribution in [1.29, 1.82) is 0 Å². The fraction of sp³-hybridized carbons (Fsp3) is 1.00. The molecule has 32 valence electrons. The summed E-state index contributed by atoms with van der Waals surface area (Å²) >= 11 is 0. The van der Waals surface area contributed by atoms with Gasteiger partial charge in [-0.2, -0.15) is 4.84 Å². The van der Waals surface area contributed by atoms with E-state index in [0.29, 0.717) is 0 Å². The zero-order chi connectivity index (χ0) is 4.28. The zero-order valence-corrected chi connectivity index (χ0v) is 3.14. The maximum Gasteiger partial charge on any atom is 0.209 e. The molecule has 5 heavy (non-hydrogen) atoms. The van der Waals surface area contributed by atoms with E-state index in [-0.39, 0.29) is 0 Å². The molecule has 0 aromatic carbocycles. The Hall–Kier alpha value is -0.120. The third-order valence-electron chi connectivity index (χ3n) is 0.241. The second-order valence-corrected chi connectivity index (χ2v) is 0.766. The highest BCUT2D eigenvalue weighted by Crippen LogP contribution is 1.66. The summed E-state index contributed by atoms with van der Waals surface area (Å²) in [5.74, 6) is 2.94. The average Bonchev–Trinajstić information content (AvgIpc) is 1.38. The standard InChI is InChI=1S/C2H8NO2/c1-2(4)5-3/h2,4H,1,3H3/q+1. The molecule has 3 nitrogen and oxygen atoms in total. The molecule has 0 rings (SSSR count). The van der Waals surface area contributed by atoms with Crippen LogP contribution in [0, 0.1) is 0 Å². The third-order valence-corrected chi connectivity index (χ3v) is 0.241. The maximum absolute atomic E-state index is 8.08. The van der Waals surface area contributed by atoms with E-state index in [1.54, 1.807) is 0 Å². The van der Waals surface area contributed by atoms with Crippen LogP contribution >= 0.6 is 0 Å². The first-order valence-corrected chi connectivity index (χ1v) is 1.36. The minimum Gasteiger partial charge on any atom is -0.364 e. The summed E-state index contributed by atoms with van der Waals surface area (Å²) in [7, 11) is 0. The monoisotopic (exact) mass is 78.1 g/mol. The second kappa shape index (κ2) is 2.14. The Bertz CT molecular complexity index is 21.6. The highest BCUT2D eigenvalue weighted by molar-refractivity contribution is 4.05. The number of quaternary nitrogens is 1. The molecular weight excluding hydrogens is 70.0 g/mol. The molecule has 0 spiro atoms. The van der Waals surface area contributed by atoms with E-state index in [2.05, 4.69) is 10.7 Å². The Morgan fingerprint density at radius 3 is 2.20 bits per heavy atom. The average molecular weight is 78.1 g/mol. The molecule has 0 aliphatic rings. The van der Waals surface area contributed by atoms with Gasteiger partial charge in [0.15, 0.2) is 0 Å². The van der Waals surface area contributed by atoms with E-state index in [1.165, 1.54) is 6.92 Å². The van der Waals surface area contributed by atoms with Crippen molar-refractivity contribution < 1.29 is 15.8 Å². The summed E-state index contributed by atoms with van der Waals surface area (Å²) in [6.45, 7) is 1.49. The molecule has 3 heteroatoms. The molecule has 0 aromatic rings. The van der Waals surface area contributed by atoms with E-state index in [4.69, 9.17) is 5.11 Å². The molecule has 0 aliphatic carbocycles. The molecule has 4 N–H and O–H groups in total. The van der Waals surface area contributed by atoms with E-state index in [0.717, 1.165) is 0 Å². The predicted molar refractivity (Wildman–Crippen MR) is 15.7 cm³/mol. The van der Waals surface area contributed by atoms with Crippen molar-refractivity contribution in [2.45, 2.75) is 13.2 Å². The van der Waals surface area contributed by atoms with Crippen molar-refractivity contribution >= 4 is 0 Å². The van der Waals surface area contributed by atoms with Gasteiger partial charge in [0, 0.05) is 0 Å². The van der Waals surface area contributed by atoms with Crippen molar-refractivity contribution in [2.75, 3.05) is 0 Å². The van der Waals surface area contributed by atoms with Crippen LogP contribution in [-0.4, -0.2) is 11.4 Å². The highest BCUT2D eigenvalue weighted by Gasteiger charge is 1.85. The van der Waals surface area contributed by atoms with E-state index < -0.39 is 6.29 Å². The minimum absolute atomic E-state index is 0.727. The van der Waals surface area contributed by atoms with Gasteiger partial charge in [-0.25, -0.2) is 5.90 Å². The van der Waals surface area contributed by atoms with Crippen molar-refractivity contribution in [1.82, 2.24) is 0 Å². The molecule has 0 amide bonds. The fourth-order valence-electron chi connectivity index (χ4n) is 0. The van der Waals surface area contributed by atoms with Crippen LogP contribution in [0.1, 0.15) is 6.92 Å². The highest BCUT2D eigenvalue weighted by atomic mass is 16.7. The van der Waals surface area contributed by atoms with Crippen molar-refractivity contribution in [3.8, 4) is 0 Å². The first kappa shape index (κ1) is 4.88. The lowest BCUT2D eigenvalue weighted by Crippen LogP contribution is -2.51. The lowest BCUT2D eigenvalue weighted by atomic mass is 10.8. The van der Waals surface area contributed by atoms with Crippen LogP contribution in [0.15, 0.2) is 0 Å². The largest absolute Gasteiger partial charge is 0.364 e. The molecule has 0 heterocycles. The summed E-state index contributed by atoms with van der Waals surface area (Å²) in [5.41, 5.74) is 0. The fourth-order valence-corrected chi connectivity index (χ4v) is 0. The zero-order valence-electron chi connectivity index (χ0n) is 3.14. The Morgan fingerprint density at radius 1 is 2.00 bits per heavy atom. The molecule has 0 bridgehead atoms. The summed E-state index contributed by atoms with van der Waals surface area (Å²) in [6, 6.07) is 0. The summed E-state index contributed by atoms with van der Waals surface area (Å²) in [5, 5.41) is 8.08. The van der Waals surface area contributed by atoms with Crippen LogP contribution in [0.25, 0.3) is 0 Å². The molecule has 0 fully saturated rings. The predicted octanol–water partition coefficient (Wildman–Crippen LogP) is -1.50. The van der Waals surface area contributed by atoms with Crippen molar-refractivity contribution in [2.24, 2.45) is 0 Å². The maximum atomic E-state index is 8.08. The van der Waals surface area contributed by atoms with Gasteiger partial charge in [0.2, 0.25) is 6.29 Å². The van der Waals surface area contributed by atoms with Gasteiger partial charge in [-0.15, -0.1) is 0 Å². The summed E-state index contributed by atoms with van der Waals surface area (Å²) < 4.78 is 0. The molecule has 1 atom stereocenters. The Labute approximate surface area is 30.3 Å². The van der Waals surface area contributed by atoms with E-state index >= 15 is 0 Å². The summed E-state index contributed by atoms with van der Waals surface area (Å²) in [6.07, 6.45) is -0.727. The van der Waals surface area contributed by atoms with Gasteiger partial charge in [0.1, 0.15) is 0 Å². The number of rotatable bonds is 1. The third kappa shape index (κ3) is 3.88. The van der Waals surface area contributed by atoms with Gasteiger partial charge in [-0.05, 0) is 6.92 Å². The SMILES string of the molecule is CC(O)O[NH3+]. The van der Waals surface area contributed by atoms with Crippen LogP contribution in [0.5, 0.6) is 0 Å². The van der Waals surface area contributed by atoms with E-state index in [9.17, 15) is 0 Å². The number of aliphatic hydroxyl groups is 1. The second-order valence-electron chi connectivity index (χ2n) is 0.766. The van der Waals surface area contributed by atoms with Crippen molar-refractivity contribution in [3.63, 3.8) is 0 Å². The lowest BCUT2D eigenvalue weighted by Gasteiger charge is -1.88. The van der Waals surface area contributed by atoms with Crippen LogP contribution in [-0.2, 0) is 4.84 Å². The quantitative estimate of drug-likeness (QED) is 0.296. The minimum atomic E-state index is -0.727. The van der Waals surface area contributed by atoms with Crippen LogP contribution in [0.2, 0.25) is 0 Å². The van der Waals surface area contributed by atoms with E-state index in [1.807, 2.05) is 0 Å². The lowest BCUT2D eigenvalue weighted by molar-refractivity contribution is -0.715. The van der Waals surface area contributed by atoms with Gasteiger partial charge in [-0.3, -0.25) is 0 Å². The molecule has 0 aromatic heterocycles. The van der Waals surface area contributed by atoms with Crippen LogP contribution in [0.4, 0.5) is 0 Å². The van der Waals surface area contributed by atoms with Gasteiger partial charge >= 0.3 is 0 Å². The van der Waals surface area contributed by atoms with Gasteiger partial charge in [0.05, 0.1) is 0 Å². The Morgan fingerprint density at radius 2 is 2.20 bits per heavy atom. The number of hydrogen-bond donors (Lipinski definition) is 2. The smallest absolute Gasteiger partial charge is 0.209 e. The normalized spacial score (nSPS) is 15.0. The molecule has 0 aliphatic heterocycles. The van der Waals surface area contributed by atoms with Crippen molar-refractivity contribution in [3.05, 3.63) is 0 Å². The molecular formula is C2H8NO2+. The first-order chi connectivity index (χ1) is 2.27. The van der Waals surface area contributed by atoms with Gasteiger partial charge in [-0.1, -0.05) is 0 Å². The van der Waals surface area contributed by atoms with Gasteiger partial charge in [0.25, 0.3) is 0 Å². The topological polar surface area (TPSA) is 57.1 Å². The molecule has 0 radical (unpaired) electrons.